The Kier molecular flexibility index (Phi) is 9.35. The lowest BCUT2D eigenvalue weighted by Gasteiger charge is -2.08. The number of hydrogen-bond donors (Lipinski definition) is 0. The molecule has 67 valence electrons. The van der Waals surface area contributed by atoms with Crippen LogP contribution < -0.4 is 0 Å². The van der Waals surface area contributed by atoms with Gasteiger partial charge in [0.05, 0.1) is 0 Å². The van der Waals surface area contributed by atoms with Crippen molar-refractivity contribution >= 4 is 22.5 Å². The lowest BCUT2D eigenvalue weighted by atomic mass is 10.00. The van der Waals surface area contributed by atoms with Crippen LogP contribution in [0.1, 0.15) is 46.0 Å². The molecule has 0 spiro atoms. The Morgan fingerprint density at radius 1 is 1.27 bits per heavy atom. The standard InChI is InChI=1S/C9H19S2/c1-3-4-6-9(2)7-5-8-11-10/h9H,3-8H2,1-2H3. The van der Waals surface area contributed by atoms with Gasteiger partial charge >= 0.3 is 0 Å². The molecule has 1 atom stereocenters. The first kappa shape index (κ1) is 11.7. The van der Waals surface area contributed by atoms with Crippen molar-refractivity contribution in [1.29, 1.82) is 0 Å². The Morgan fingerprint density at radius 3 is 2.45 bits per heavy atom. The van der Waals surface area contributed by atoms with E-state index in [2.05, 4.69) is 13.8 Å². The van der Waals surface area contributed by atoms with E-state index < -0.39 is 0 Å². The molecule has 0 bridgehead atoms. The van der Waals surface area contributed by atoms with Crippen molar-refractivity contribution in [2.75, 3.05) is 5.75 Å². The minimum atomic E-state index is 0.914. The monoisotopic (exact) mass is 191 g/mol. The van der Waals surface area contributed by atoms with E-state index in [1.165, 1.54) is 32.1 Å². The Bertz CT molecular complexity index is 74.0. The SMILES string of the molecule is CCCCC(C)CCCS[S]. The molecule has 0 rings (SSSR count). The highest BCUT2D eigenvalue weighted by Crippen LogP contribution is 2.16. The van der Waals surface area contributed by atoms with E-state index in [-0.39, 0.29) is 0 Å². The molecule has 0 heterocycles. The Balaban J connectivity index is 3.02. The molecule has 1 unspecified atom stereocenters. The van der Waals surface area contributed by atoms with E-state index in [0.717, 1.165) is 11.7 Å². The predicted molar refractivity (Wildman–Crippen MR) is 58.0 cm³/mol. The van der Waals surface area contributed by atoms with E-state index in [0.29, 0.717) is 0 Å². The molecule has 11 heavy (non-hydrogen) atoms. The number of unbranched alkanes of at least 4 members (excludes halogenated alkanes) is 1. The highest BCUT2D eigenvalue weighted by Gasteiger charge is 1.99. The van der Waals surface area contributed by atoms with Gasteiger partial charge in [0.1, 0.15) is 0 Å². The maximum absolute atomic E-state index is 4.81. The summed E-state index contributed by atoms with van der Waals surface area (Å²) < 4.78 is 0. The fourth-order valence-corrected chi connectivity index (χ4v) is 1.83. The van der Waals surface area contributed by atoms with Crippen LogP contribution in [-0.4, -0.2) is 5.75 Å². The fraction of sp³-hybridized carbons (Fsp3) is 1.00. The van der Waals surface area contributed by atoms with E-state index in [1.54, 1.807) is 10.8 Å². The van der Waals surface area contributed by atoms with Crippen LogP contribution in [0.15, 0.2) is 0 Å². The molecule has 0 aliphatic heterocycles. The van der Waals surface area contributed by atoms with E-state index >= 15 is 0 Å². The molecule has 0 fully saturated rings. The van der Waals surface area contributed by atoms with Gasteiger partial charge in [-0.1, -0.05) is 43.9 Å². The normalized spacial score (nSPS) is 13.4. The molecule has 0 amide bonds. The smallest absolute Gasteiger partial charge is 0.00455 e. The summed E-state index contributed by atoms with van der Waals surface area (Å²) >= 11 is 4.81. The topological polar surface area (TPSA) is 0 Å². The van der Waals surface area contributed by atoms with Gasteiger partial charge in [-0.3, -0.25) is 0 Å². The second kappa shape index (κ2) is 8.79. The zero-order valence-electron chi connectivity index (χ0n) is 7.64. The third-order valence-electron chi connectivity index (χ3n) is 1.98. The molecule has 2 heteroatoms. The van der Waals surface area contributed by atoms with Gasteiger partial charge in [-0.25, -0.2) is 0 Å². The minimum absolute atomic E-state index is 0.914. The van der Waals surface area contributed by atoms with Gasteiger partial charge in [-0.15, -0.1) is 0 Å². The summed E-state index contributed by atoms with van der Waals surface area (Å²) in [5.41, 5.74) is 0. The molecular weight excluding hydrogens is 172 g/mol. The molecule has 1 radical (unpaired) electrons. The van der Waals surface area contributed by atoms with Crippen molar-refractivity contribution < 1.29 is 0 Å². The van der Waals surface area contributed by atoms with Crippen molar-refractivity contribution in [2.24, 2.45) is 5.92 Å². The average molecular weight is 191 g/mol. The van der Waals surface area contributed by atoms with Crippen LogP contribution in [0.5, 0.6) is 0 Å². The van der Waals surface area contributed by atoms with E-state index in [1.807, 2.05) is 0 Å². The second-order valence-corrected chi connectivity index (χ2v) is 4.56. The Labute approximate surface area is 80.3 Å². The Hall–Kier alpha value is 0.700. The zero-order chi connectivity index (χ0) is 8.53. The van der Waals surface area contributed by atoms with Gasteiger partial charge in [-0.05, 0) is 30.4 Å². The molecule has 0 saturated heterocycles. The summed E-state index contributed by atoms with van der Waals surface area (Å²) in [5.74, 6) is 2.07. The maximum atomic E-state index is 4.81. The van der Waals surface area contributed by atoms with Crippen molar-refractivity contribution in [3.63, 3.8) is 0 Å². The molecule has 0 aromatic heterocycles. The van der Waals surface area contributed by atoms with Gasteiger partial charge in [0.25, 0.3) is 0 Å². The van der Waals surface area contributed by atoms with Crippen LogP contribution in [0, 0.1) is 5.92 Å². The molecular formula is C9H19S2. The molecule has 0 aliphatic carbocycles. The third-order valence-corrected chi connectivity index (χ3v) is 2.93. The highest BCUT2D eigenvalue weighted by molar-refractivity contribution is 8.68. The van der Waals surface area contributed by atoms with Gasteiger partial charge in [0.15, 0.2) is 0 Å². The fourth-order valence-electron chi connectivity index (χ4n) is 1.19. The highest BCUT2D eigenvalue weighted by atomic mass is 33.1. The molecule has 0 nitrogen and oxygen atoms in total. The molecule has 0 saturated carbocycles. The molecule has 0 aromatic rings. The van der Waals surface area contributed by atoms with Gasteiger partial charge in [-0.2, -0.15) is 0 Å². The summed E-state index contributed by atoms with van der Waals surface area (Å²) in [5, 5.41) is 0. The van der Waals surface area contributed by atoms with E-state index in [9.17, 15) is 0 Å². The van der Waals surface area contributed by atoms with Crippen LogP contribution in [0.4, 0.5) is 0 Å². The largest absolute Gasteiger partial charge is 0.0817 e. The van der Waals surface area contributed by atoms with Crippen molar-refractivity contribution in [3.05, 3.63) is 0 Å². The van der Waals surface area contributed by atoms with Crippen LogP contribution in [0.2, 0.25) is 0 Å². The number of rotatable bonds is 7. The molecule has 0 N–H and O–H groups in total. The van der Waals surface area contributed by atoms with Crippen LogP contribution >= 0.6 is 22.5 Å². The lowest BCUT2D eigenvalue weighted by Crippen LogP contribution is -1.94. The third kappa shape index (κ3) is 8.61. The van der Waals surface area contributed by atoms with Gasteiger partial charge < -0.3 is 0 Å². The van der Waals surface area contributed by atoms with Crippen LogP contribution in [-0.2, 0) is 0 Å². The Morgan fingerprint density at radius 2 is 1.91 bits per heavy atom. The minimum Gasteiger partial charge on any atom is -0.0817 e. The summed E-state index contributed by atoms with van der Waals surface area (Å²) in [4.78, 5) is 0. The summed E-state index contributed by atoms with van der Waals surface area (Å²) in [7, 11) is 1.55. The maximum Gasteiger partial charge on any atom is 0.00455 e. The van der Waals surface area contributed by atoms with Crippen LogP contribution in [0.3, 0.4) is 0 Å². The van der Waals surface area contributed by atoms with Gasteiger partial charge in [0, 0.05) is 5.75 Å². The van der Waals surface area contributed by atoms with Crippen molar-refractivity contribution in [3.8, 4) is 0 Å². The van der Waals surface area contributed by atoms with Gasteiger partial charge in [0.2, 0.25) is 0 Å². The quantitative estimate of drug-likeness (QED) is 0.423. The first-order valence-corrected chi connectivity index (χ1v) is 6.47. The molecule has 0 aliphatic rings. The lowest BCUT2D eigenvalue weighted by molar-refractivity contribution is 0.468. The average Bonchev–Trinajstić information content (AvgIpc) is 2.01. The molecule has 0 aromatic carbocycles. The predicted octanol–water partition coefficient (Wildman–Crippen LogP) is 4.44. The first-order valence-electron chi connectivity index (χ1n) is 4.56. The second-order valence-electron chi connectivity index (χ2n) is 3.21. The van der Waals surface area contributed by atoms with Crippen LogP contribution in [0.25, 0.3) is 0 Å². The zero-order valence-corrected chi connectivity index (χ0v) is 9.27. The summed E-state index contributed by atoms with van der Waals surface area (Å²) in [6.45, 7) is 4.61. The van der Waals surface area contributed by atoms with E-state index in [4.69, 9.17) is 11.7 Å². The summed E-state index contributed by atoms with van der Waals surface area (Å²) in [6.07, 6.45) is 6.80. The van der Waals surface area contributed by atoms with Crippen molar-refractivity contribution in [1.82, 2.24) is 0 Å². The number of hydrogen-bond acceptors (Lipinski definition) is 1. The first-order chi connectivity index (χ1) is 5.31. The van der Waals surface area contributed by atoms with Crippen molar-refractivity contribution in [2.45, 2.75) is 46.0 Å². The summed E-state index contributed by atoms with van der Waals surface area (Å²) in [6, 6.07) is 0.